The Balaban J connectivity index is 1.75. The van der Waals surface area contributed by atoms with Crippen LogP contribution in [0.25, 0.3) is 6.08 Å². The molecule has 0 bridgehead atoms. The Bertz CT molecular complexity index is 892. The van der Waals surface area contributed by atoms with E-state index in [2.05, 4.69) is 5.32 Å². The number of hydrogen-bond acceptors (Lipinski definition) is 3. The molecular formula is C19H15F3N2O2. The van der Waals surface area contributed by atoms with Crippen LogP contribution in [-0.4, -0.2) is 36.3 Å². The second-order valence-electron chi connectivity index (χ2n) is 6.19. The highest BCUT2D eigenvalue weighted by Gasteiger charge is 2.41. The molecule has 2 heterocycles. The summed E-state index contributed by atoms with van der Waals surface area (Å²) in [6.07, 6.45) is -3.65. The molecular weight excluding hydrogens is 345 g/mol. The van der Waals surface area contributed by atoms with E-state index in [1.807, 2.05) is 18.2 Å². The van der Waals surface area contributed by atoms with E-state index >= 15 is 0 Å². The van der Waals surface area contributed by atoms with Crippen molar-refractivity contribution in [2.45, 2.75) is 12.3 Å². The van der Waals surface area contributed by atoms with Crippen LogP contribution >= 0.6 is 0 Å². The van der Waals surface area contributed by atoms with Crippen LogP contribution in [0.1, 0.15) is 15.9 Å². The minimum Gasteiger partial charge on any atom is -0.488 e. The number of fused-ring (bicyclic) bond motifs is 2. The molecule has 1 atom stereocenters. The van der Waals surface area contributed by atoms with Crippen molar-refractivity contribution in [2.75, 3.05) is 18.5 Å². The smallest absolute Gasteiger partial charge is 0.406 e. The molecule has 26 heavy (non-hydrogen) atoms. The van der Waals surface area contributed by atoms with E-state index in [0.29, 0.717) is 17.0 Å². The van der Waals surface area contributed by atoms with Crippen molar-refractivity contribution in [3.63, 3.8) is 0 Å². The largest absolute Gasteiger partial charge is 0.488 e. The van der Waals surface area contributed by atoms with Crippen molar-refractivity contribution < 1.29 is 22.7 Å². The average molecular weight is 360 g/mol. The molecule has 0 radical (unpaired) electrons. The summed E-state index contributed by atoms with van der Waals surface area (Å²) in [6.45, 7) is -1.23. The Morgan fingerprint density at radius 3 is 2.65 bits per heavy atom. The zero-order chi connectivity index (χ0) is 18.3. The van der Waals surface area contributed by atoms with Crippen molar-refractivity contribution in [1.82, 2.24) is 4.90 Å². The molecule has 0 unspecified atom stereocenters. The molecule has 2 aromatic carbocycles. The lowest BCUT2D eigenvalue weighted by molar-refractivity contribution is -0.143. The van der Waals surface area contributed by atoms with Crippen molar-refractivity contribution >= 4 is 17.7 Å². The molecule has 7 heteroatoms. The average Bonchev–Trinajstić information content (AvgIpc) is 2.62. The molecule has 4 rings (SSSR count). The molecule has 0 saturated carbocycles. The van der Waals surface area contributed by atoms with Gasteiger partial charge in [0.1, 0.15) is 25.1 Å². The summed E-state index contributed by atoms with van der Waals surface area (Å²) in [4.78, 5) is 13.5. The van der Waals surface area contributed by atoms with Crippen LogP contribution < -0.4 is 10.1 Å². The van der Waals surface area contributed by atoms with Crippen LogP contribution in [0.2, 0.25) is 0 Å². The van der Waals surface area contributed by atoms with Crippen molar-refractivity contribution in [3.8, 4) is 5.75 Å². The van der Waals surface area contributed by atoms with Gasteiger partial charge < -0.3 is 15.0 Å². The summed E-state index contributed by atoms with van der Waals surface area (Å²) in [5.74, 6) is 0.0163. The summed E-state index contributed by atoms with van der Waals surface area (Å²) in [7, 11) is 0. The van der Waals surface area contributed by atoms with Crippen LogP contribution in [0.4, 0.5) is 18.9 Å². The fourth-order valence-electron chi connectivity index (χ4n) is 3.23. The minimum absolute atomic E-state index is 0.110. The molecule has 0 aromatic heterocycles. The predicted octanol–water partition coefficient (Wildman–Crippen LogP) is 3.92. The molecule has 1 N–H and O–H groups in total. The standard InChI is InChI=1S/C19H15F3N2O2/c20-19(21,22)11-24-17(23-15-7-3-2-6-14(15)18(24)25)13-9-12-5-1-4-8-16(12)26-10-13/h1-9,17,23H,10-11H2/t17-/m0/s1. The molecule has 0 fully saturated rings. The fourth-order valence-corrected chi connectivity index (χ4v) is 3.23. The van der Waals surface area contributed by atoms with E-state index in [4.69, 9.17) is 4.74 Å². The van der Waals surface area contributed by atoms with E-state index in [1.54, 1.807) is 30.3 Å². The topological polar surface area (TPSA) is 41.6 Å². The zero-order valence-corrected chi connectivity index (χ0v) is 13.6. The van der Waals surface area contributed by atoms with Gasteiger partial charge in [0.25, 0.3) is 5.91 Å². The second kappa shape index (κ2) is 6.09. The first-order valence-electron chi connectivity index (χ1n) is 8.08. The number of halogens is 3. The maximum atomic E-state index is 13.1. The third-order valence-corrected chi connectivity index (χ3v) is 4.38. The van der Waals surface area contributed by atoms with E-state index in [0.717, 1.165) is 10.5 Å². The van der Waals surface area contributed by atoms with Gasteiger partial charge in [0.15, 0.2) is 0 Å². The van der Waals surface area contributed by atoms with Gasteiger partial charge in [0, 0.05) is 16.8 Å². The Hall–Kier alpha value is -2.96. The summed E-state index contributed by atoms with van der Waals surface area (Å²) < 4.78 is 45.0. The lowest BCUT2D eigenvalue weighted by Gasteiger charge is -2.40. The van der Waals surface area contributed by atoms with Gasteiger partial charge in [-0.05, 0) is 24.3 Å². The number of nitrogens with zero attached hydrogens (tertiary/aromatic N) is 1. The van der Waals surface area contributed by atoms with Crippen molar-refractivity contribution in [2.24, 2.45) is 0 Å². The summed E-state index contributed by atoms with van der Waals surface area (Å²) >= 11 is 0. The third-order valence-electron chi connectivity index (χ3n) is 4.38. The number of anilines is 1. The van der Waals surface area contributed by atoms with Crippen LogP contribution in [0.3, 0.4) is 0 Å². The van der Waals surface area contributed by atoms with Gasteiger partial charge in [0.05, 0.1) is 5.56 Å². The van der Waals surface area contributed by atoms with Crippen molar-refractivity contribution in [3.05, 3.63) is 65.2 Å². The number of hydrogen-bond donors (Lipinski definition) is 1. The normalized spacial score (nSPS) is 19.0. The van der Waals surface area contributed by atoms with Gasteiger partial charge in [0.2, 0.25) is 0 Å². The van der Waals surface area contributed by atoms with E-state index in [9.17, 15) is 18.0 Å². The SMILES string of the molecule is O=C1c2ccccc2N[C@H](C2=Cc3ccccc3OC2)N1CC(F)(F)F. The second-order valence-corrected chi connectivity index (χ2v) is 6.19. The number of carbonyl (C=O) groups is 1. The number of alkyl halides is 3. The lowest BCUT2D eigenvalue weighted by atomic mass is 10.0. The van der Waals surface area contributed by atoms with Gasteiger partial charge in [-0.15, -0.1) is 0 Å². The Labute approximate surface area is 147 Å². The molecule has 134 valence electrons. The lowest BCUT2D eigenvalue weighted by Crippen LogP contribution is -2.53. The molecule has 0 saturated heterocycles. The number of benzene rings is 2. The number of carbonyl (C=O) groups excluding carboxylic acids is 1. The predicted molar refractivity (Wildman–Crippen MR) is 90.9 cm³/mol. The first-order chi connectivity index (χ1) is 12.4. The minimum atomic E-state index is -4.50. The Morgan fingerprint density at radius 2 is 1.85 bits per heavy atom. The van der Waals surface area contributed by atoms with E-state index in [1.165, 1.54) is 6.07 Å². The summed E-state index contributed by atoms with van der Waals surface area (Å²) in [5.41, 5.74) is 2.08. The van der Waals surface area contributed by atoms with Gasteiger partial charge in [-0.3, -0.25) is 4.79 Å². The Kier molecular flexibility index (Phi) is 3.86. The van der Waals surface area contributed by atoms with Crippen molar-refractivity contribution in [1.29, 1.82) is 0 Å². The first-order valence-corrected chi connectivity index (χ1v) is 8.08. The summed E-state index contributed by atoms with van der Waals surface area (Å²) in [6, 6.07) is 13.8. The van der Waals surface area contributed by atoms with Gasteiger partial charge in [-0.2, -0.15) is 13.2 Å². The third kappa shape index (κ3) is 3.00. The maximum absolute atomic E-state index is 13.1. The zero-order valence-electron chi connectivity index (χ0n) is 13.6. The molecule has 2 aromatic rings. The van der Waals surface area contributed by atoms with E-state index < -0.39 is 24.8 Å². The molecule has 0 spiro atoms. The quantitative estimate of drug-likeness (QED) is 0.883. The van der Waals surface area contributed by atoms with Gasteiger partial charge in [-0.25, -0.2) is 0 Å². The highest BCUT2D eigenvalue weighted by molar-refractivity contribution is 6.02. The highest BCUT2D eigenvalue weighted by Crippen LogP contribution is 2.34. The van der Waals surface area contributed by atoms with Crippen LogP contribution in [0.5, 0.6) is 5.75 Å². The monoisotopic (exact) mass is 360 g/mol. The molecule has 0 aliphatic carbocycles. The highest BCUT2D eigenvalue weighted by atomic mass is 19.4. The molecule has 2 aliphatic rings. The van der Waals surface area contributed by atoms with Gasteiger partial charge >= 0.3 is 6.18 Å². The number of amides is 1. The maximum Gasteiger partial charge on any atom is 0.406 e. The van der Waals surface area contributed by atoms with E-state index in [-0.39, 0.29) is 12.2 Å². The number of nitrogens with one attached hydrogen (secondary N) is 1. The Morgan fingerprint density at radius 1 is 1.12 bits per heavy atom. The molecule has 2 aliphatic heterocycles. The van der Waals surface area contributed by atoms with Crippen LogP contribution in [0.15, 0.2) is 54.1 Å². The molecule has 4 nitrogen and oxygen atoms in total. The summed E-state index contributed by atoms with van der Waals surface area (Å²) in [5, 5.41) is 3.06. The number of para-hydroxylation sites is 2. The van der Waals surface area contributed by atoms with Gasteiger partial charge in [-0.1, -0.05) is 30.3 Å². The first kappa shape index (κ1) is 16.5. The fraction of sp³-hybridized carbons (Fsp3) is 0.211. The number of ether oxygens (including phenoxy) is 1. The van der Waals surface area contributed by atoms with Crippen LogP contribution in [0, 0.1) is 0 Å². The number of rotatable bonds is 2. The van der Waals surface area contributed by atoms with Crippen LogP contribution in [-0.2, 0) is 0 Å². The molecule has 1 amide bonds.